The van der Waals surface area contributed by atoms with E-state index in [0.29, 0.717) is 45.6 Å². The molecule has 30 heavy (non-hydrogen) atoms. The number of aromatic nitrogens is 3. The van der Waals surface area contributed by atoms with Crippen LogP contribution in [0.4, 0.5) is 0 Å². The van der Waals surface area contributed by atoms with E-state index < -0.39 is 0 Å². The highest BCUT2D eigenvalue weighted by Gasteiger charge is 2.59. The molecule has 0 saturated heterocycles. The van der Waals surface area contributed by atoms with E-state index in [1.165, 1.54) is 0 Å². The first-order valence-electron chi connectivity index (χ1n) is 10.4. The number of hydrogen-bond donors (Lipinski definition) is 1. The van der Waals surface area contributed by atoms with Crippen LogP contribution >= 0.6 is 11.6 Å². The zero-order valence-corrected chi connectivity index (χ0v) is 17.4. The number of hydrogen-bond acceptors (Lipinski definition) is 4. The molecule has 5 rings (SSSR count). The molecule has 1 aromatic carbocycles. The number of rotatable bonds is 5. The fraction of sp³-hybridized carbons (Fsp3) is 0.391. The second-order valence-electron chi connectivity index (χ2n) is 8.36. The molecule has 2 saturated carbocycles. The van der Waals surface area contributed by atoms with Crippen molar-refractivity contribution in [2.45, 2.75) is 38.3 Å². The summed E-state index contributed by atoms with van der Waals surface area (Å²) >= 11 is 5.93. The van der Waals surface area contributed by atoms with E-state index in [2.05, 4.69) is 32.8 Å². The lowest BCUT2D eigenvalue weighted by atomic mass is 9.99. The molecule has 1 N–H and O–H groups in total. The van der Waals surface area contributed by atoms with E-state index in [0.717, 1.165) is 24.8 Å². The number of nitrogens with zero attached hydrogens (tertiary/aromatic N) is 4. The Hall–Kier alpha value is -2.91. The number of nitrogens with one attached hydrogen (secondary N) is 1. The van der Waals surface area contributed by atoms with Crippen LogP contribution in [0.25, 0.3) is 11.2 Å². The average Bonchev–Trinajstić information content (AvgIpc) is 3.09. The third-order valence-corrected chi connectivity index (χ3v) is 7.02. The highest BCUT2D eigenvalue weighted by Crippen LogP contribution is 2.62. The first-order valence-corrected chi connectivity index (χ1v) is 10.8. The Bertz CT molecular complexity index is 1140. The molecular weight excluding hydrogens is 398 g/mol. The average molecular weight is 420 g/mol. The number of carbonyl (C=O) groups excluding carboxylic acids is 1. The summed E-state index contributed by atoms with van der Waals surface area (Å²) in [5.41, 5.74) is 2.82. The zero-order chi connectivity index (χ0) is 20.8. The molecule has 3 aromatic rings. The predicted molar refractivity (Wildman–Crippen MR) is 114 cm³/mol. The zero-order valence-electron chi connectivity index (χ0n) is 16.6. The van der Waals surface area contributed by atoms with Gasteiger partial charge < -0.3 is 9.88 Å². The van der Waals surface area contributed by atoms with E-state index in [4.69, 9.17) is 16.9 Å². The van der Waals surface area contributed by atoms with Gasteiger partial charge in [-0.25, -0.2) is 9.97 Å². The van der Waals surface area contributed by atoms with Crippen LogP contribution in [0.3, 0.4) is 0 Å². The molecule has 2 heterocycles. The molecule has 2 fully saturated rings. The second-order valence-corrected chi connectivity index (χ2v) is 8.79. The van der Waals surface area contributed by atoms with E-state index in [1.54, 1.807) is 30.5 Å². The number of imidazole rings is 1. The monoisotopic (exact) mass is 419 g/mol. The van der Waals surface area contributed by atoms with Crippen molar-refractivity contribution >= 4 is 28.7 Å². The molecule has 0 bridgehead atoms. The quantitative estimate of drug-likeness (QED) is 0.665. The summed E-state index contributed by atoms with van der Waals surface area (Å²) < 4.78 is 2.18. The maximum absolute atomic E-state index is 12.6. The van der Waals surface area contributed by atoms with Gasteiger partial charge in [0.2, 0.25) is 0 Å². The van der Waals surface area contributed by atoms with Crippen LogP contribution in [0.2, 0.25) is 5.02 Å². The third kappa shape index (κ3) is 3.23. The minimum atomic E-state index is -0.0317. The molecule has 1 unspecified atom stereocenters. The topological polar surface area (TPSA) is 83.6 Å². The van der Waals surface area contributed by atoms with Gasteiger partial charge in [0.05, 0.1) is 17.4 Å². The van der Waals surface area contributed by atoms with Crippen molar-refractivity contribution in [2.24, 2.45) is 17.8 Å². The van der Waals surface area contributed by atoms with Crippen molar-refractivity contribution in [3.8, 4) is 6.07 Å². The Morgan fingerprint density at radius 2 is 2.03 bits per heavy atom. The van der Waals surface area contributed by atoms with Gasteiger partial charge in [0.25, 0.3) is 5.91 Å². The standard InChI is InChI=1S/C23H22ClN5O/c1-2-19(28-23(30)14-3-5-15(24)6-4-14)21-17-8-16(9-18(17)21)29-12-27-22-20(29)7-13(10-25)11-26-22/h3-7,11-12,16-19,21H,2,8-9H2,1H3,(H,28,30)/t16-,17-,18+,19?,21+. The van der Waals surface area contributed by atoms with Crippen LogP contribution in [-0.4, -0.2) is 26.5 Å². The second kappa shape index (κ2) is 7.41. The number of fused-ring (bicyclic) bond motifs is 2. The Morgan fingerprint density at radius 3 is 2.70 bits per heavy atom. The fourth-order valence-corrected chi connectivity index (χ4v) is 5.40. The van der Waals surface area contributed by atoms with Crippen LogP contribution in [-0.2, 0) is 0 Å². The predicted octanol–water partition coefficient (Wildman–Crippen LogP) is 4.36. The summed E-state index contributed by atoms with van der Waals surface area (Å²) in [6, 6.07) is 11.6. The number of nitriles is 1. The van der Waals surface area contributed by atoms with Gasteiger partial charge in [0, 0.05) is 28.9 Å². The van der Waals surface area contributed by atoms with Gasteiger partial charge in [0.15, 0.2) is 5.65 Å². The SMILES string of the molecule is CCC(NC(=O)c1ccc(Cl)cc1)[C@H]1[C@@H]2C[C@@H](n3cnc4ncc(C#N)cc43)C[C@@H]21. The molecule has 2 aliphatic rings. The molecule has 152 valence electrons. The Balaban J connectivity index is 1.26. The third-order valence-electron chi connectivity index (χ3n) is 6.77. The lowest BCUT2D eigenvalue weighted by Gasteiger charge is -2.22. The smallest absolute Gasteiger partial charge is 0.251 e. The molecule has 2 aliphatic carbocycles. The summed E-state index contributed by atoms with van der Waals surface area (Å²) in [6.07, 6.45) is 6.49. The van der Waals surface area contributed by atoms with Crippen LogP contribution < -0.4 is 5.32 Å². The Morgan fingerprint density at radius 1 is 1.30 bits per heavy atom. The lowest BCUT2D eigenvalue weighted by molar-refractivity contribution is 0.0927. The van der Waals surface area contributed by atoms with Crippen LogP contribution in [0, 0.1) is 29.1 Å². The number of pyridine rings is 1. The molecule has 5 atom stereocenters. The van der Waals surface area contributed by atoms with Crippen molar-refractivity contribution in [3.63, 3.8) is 0 Å². The van der Waals surface area contributed by atoms with E-state index in [9.17, 15) is 4.79 Å². The minimum Gasteiger partial charge on any atom is -0.349 e. The van der Waals surface area contributed by atoms with Crippen LogP contribution in [0.5, 0.6) is 0 Å². The van der Waals surface area contributed by atoms with Crippen LogP contribution in [0.1, 0.15) is 48.1 Å². The largest absolute Gasteiger partial charge is 0.349 e. The van der Waals surface area contributed by atoms with Gasteiger partial charge in [-0.2, -0.15) is 5.26 Å². The fourth-order valence-electron chi connectivity index (χ4n) is 5.28. The van der Waals surface area contributed by atoms with Gasteiger partial charge in [-0.05, 0) is 67.3 Å². The summed E-state index contributed by atoms with van der Waals surface area (Å²) in [6.45, 7) is 2.14. The van der Waals surface area contributed by atoms with E-state index >= 15 is 0 Å². The molecule has 1 amide bonds. The molecular formula is C23H22ClN5O. The minimum absolute atomic E-state index is 0.0317. The maximum atomic E-state index is 12.6. The van der Waals surface area contributed by atoms with Crippen molar-refractivity contribution in [1.82, 2.24) is 19.9 Å². The first kappa shape index (κ1) is 19.1. The van der Waals surface area contributed by atoms with Gasteiger partial charge in [-0.15, -0.1) is 0 Å². The number of halogens is 1. The summed E-state index contributed by atoms with van der Waals surface area (Å²) in [5.74, 6) is 1.74. The van der Waals surface area contributed by atoms with Gasteiger partial charge >= 0.3 is 0 Å². The Labute approximate surface area is 179 Å². The normalized spacial score (nSPS) is 25.5. The Kier molecular flexibility index (Phi) is 4.71. The molecule has 0 radical (unpaired) electrons. The number of benzene rings is 1. The highest BCUT2D eigenvalue weighted by molar-refractivity contribution is 6.30. The summed E-state index contributed by atoms with van der Waals surface area (Å²) in [7, 11) is 0. The van der Waals surface area contributed by atoms with Crippen molar-refractivity contribution in [1.29, 1.82) is 5.26 Å². The maximum Gasteiger partial charge on any atom is 0.251 e. The van der Waals surface area contributed by atoms with Gasteiger partial charge in [-0.3, -0.25) is 4.79 Å². The van der Waals surface area contributed by atoms with Crippen LogP contribution in [0.15, 0.2) is 42.9 Å². The number of carbonyl (C=O) groups is 1. The lowest BCUT2D eigenvalue weighted by Crippen LogP contribution is -2.37. The molecule has 2 aromatic heterocycles. The molecule has 6 nitrogen and oxygen atoms in total. The van der Waals surface area contributed by atoms with Crippen molar-refractivity contribution < 1.29 is 4.79 Å². The summed E-state index contributed by atoms with van der Waals surface area (Å²) in [5, 5.41) is 13.0. The van der Waals surface area contributed by atoms with E-state index in [-0.39, 0.29) is 11.9 Å². The van der Waals surface area contributed by atoms with Gasteiger partial charge in [-0.1, -0.05) is 18.5 Å². The molecule has 7 heteroatoms. The highest BCUT2D eigenvalue weighted by atomic mass is 35.5. The van der Waals surface area contributed by atoms with Crippen molar-refractivity contribution in [2.75, 3.05) is 0 Å². The van der Waals surface area contributed by atoms with E-state index in [1.807, 2.05) is 12.4 Å². The van der Waals surface area contributed by atoms with Gasteiger partial charge in [0.1, 0.15) is 6.07 Å². The molecule has 0 spiro atoms. The molecule has 0 aliphatic heterocycles. The summed E-state index contributed by atoms with van der Waals surface area (Å²) in [4.78, 5) is 21.3. The van der Waals surface area contributed by atoms with Crippen molar-refractivity contribution in [3.05, 3.63) is 59.0 Å². The first-order chi connectivity index (χ1) is 14.6. The number of amides is 1.